The van der Waals surface area contributed by atoms with Crippen LogP contribution in [-0.2, 0) is 6.54 Å². The summed E-state index contributed by atoms with van der Waals surface area (Å²) in [7, 11) is 0. The van der Waals surface area contributed by atoms with Crippen LogP contribution in [0.2, 0.25) is 0 Å². The van der Waals surface area contributed by atoms with Crippen molar-refractivity contribution in [3.63, 3.8) is 0 Å². The standard InChI is InChI=1S/C13H14N2/c1-11-13(8-5-9-14-11)15-10-12-6-3-2-4-7-12/h2-9,15H,10H2,1H3. The van der Waals surface area contributed by atoms with Gasteiger partial charge in [0.2, 0.25) is 0 Å². The van der Waals surface area contributed by atoms with Gasteiger partial charge in [-0.3, -0.25) is 4.98 Å². The monoisotopic (exact) mass is 198 g/mol. The number of hydrogen-bond donors (Lipinski definition) is 1. The van der Waals surface area contributed by atoms with Crippen molar-refractivity contribution in [2.24, 2.45) is 0 Å². The van der Waals surface area contributed by atoms with Crippen molar-refractivity contribution in [3.8, 4) is 0 Å². The predicted molar refractivity (Wildman–Crippen MR) is 62.7 cm³/mol. The molecule has 0 aliphatic heterocycles. The maximum atomic E-state index is 4.23. The number of aryl methyl sites for hydroxylation is 1. The van der Waals surface area contributed by atoms with E-state index in [1.807, 2.05) is 43.5 Å². The highest BCUT2D eigenvalue weighted by Gasteiger charge is 1.96. The lowest BCUT2D eigenvalue weighted by Gasteiger charge is -2.08. The molecule has 15 heavy (non-hydrogen) atoms. The molecule has 1 N–H and O–H groups in total. The lowest BCUT2D eigenvalue weighted by Crippen LogP contribution is -2.01. The van der Waals surface area contributed by atoms with Crippen LogP contribution in [0.4, 0.5) is 5.69 Å². The van der Waals surface area contributed by atoms with E-state index in [2.05, 4.69) is 22.4 Å². The van der Waals surface area contributed by atoms with Crippen LogP contribution in [0.5, 0.6) is 0 Å². The summed E-state index contributed by atoms with van der Waals surface area (Å²) < 4.78 is 0. The highest BCUT2D eigenvalue weighted by atomic mass is 14.9. The van der Waals surface area contributed by atoms with E-state index in [4.69, 9.17) is 0 Å². The predicted octanol–water partition coefficient (Wildman–Crippen LogP) is 3.00. The molecule has 0 atom stereocenters. The molecule has 76 valence electrons. The normalized spacial score (nSPS) is 9.93. The highest BCUT2D eigenvalue weighted by Crippen LogP contribution is 2.11. The van der Waals surface area contributed by atoms with E-state index in [0.717, 1.165) is 17.9 Å². The Labute approximate surface area is 90.0 Å². The topological polar surface area (TPSA) is 24.9 Å². The fourth-order valence-corrected chi connectivity index (χ4v) is 1.46. The van der Waals surface area contributed by atoms with E-state index in [-0.39, 0.29) is 0 Å². The summed E-state index contributed by atoms with van der Waals surface area (Å²) in [6, 6.07) is 14.3. The number of hydrogen-bond acceptors (Lipinski definition) is 2. The fraction of sp³-hybridized carbons (Fsp3) is 0.154. The molecular formula is C13H14N2. The Morgan fingerprint density at radius 3 is 2.60 bits per heavy atom. The van der Waals surface area contributed by atoms with Crippen LogP contribution in [0.1, 0.15) is 11.3 Å². The second-order valence-electron chi connectivity index (χ2n) is 3.48. The molecule has 0 bridgehead atoms. The molecule has 0 saturated heterocycles. The Morgan fingerprint density at radius 1 is 1.07 bits per heavy atom. The molecule has 1 aromatic carbocycles. The van der Waals surface area contributed by atoms with Gasteiger partial charge in [-0.25, -0.2) is 0 Å². The molecule has 2 heteroatoms. The first-order valence-electron chi connectivity index (χ1n) is 5.05. The molecule has 0 spiro atoms. The first kappa shape index (κ1) is 9.71. The summed E-state index contributed by atoms with van der Waals surface area (Å²) in [6.07, 6.45) is 1.81. The minimum Gasteiger partial charge on any atom is -0.380 e. The van der Waals surface area contributed by atoms with Gasteiger partial charge in [-0.15, -0.1) is 0 Å². The molecule has 0 saturated carbocycles. The largest absolute Gasteiger partial charge is 0.380 e. The number of aromatic nitrogens is 1. The van der Waals surface area contributed by atoms with E-state index in [1.165, 1.54) is 5.56 Å². The van der Waals surface area contributed by atoms with Gasteiger partial charge >= 0.3 is 0 Å². The molecule has 0 aliphatic carbocycles. The molecule has 0 amide bonds. The zero-order chi connectivity index (χ0) is 10.5. The summed E-state index contributed by atoms with van der Waals surface area (Å²) in [5.74, 6) is 0. The quantitative estimate of drug-likeness (QED) is 0.820. The first-order valence-corrected chi connectivity index (χ1v) is 5.05. The fourth-order valence-electron chi connectivity index (χ4n) is 1.46. The van der Waals surface area contributed by atoms with Crippen molar-refractivity contribution in [2.45, 2.75) is 13.5 Å². The van der Waals surface area contributed by atoms with Crippen molar-refractivity contribution >= 4 is 5.69 Å². The lowest BCUT2D eigenvalue weighted by atomic mass is 10.2. The molecule has 1 heterocycles. The van der Waals surface area contributed by atoms with Crippen LogP contribution in [0.25, 0.3) is 0 Å². The first-order chi connectivity index (χ1) is 7.36. The van der Waals surface area contributed by atoms with Crippen molar-refractivity contribution in [1.82, 2.24) is 4.98 Å². The van der Waals surface area contributed by atoms with Crippen molar-refractivity contribution in [1.29, 1.82) is 0 Å². The van der Waals surface area contributed by atoms with Crippen LogP contribution in [0.15, 0.2) is 48.7 Å². The van der Waals surface area contributed by atoms with Gasteiger partial charge in [-0.2, -0.15) is 0 Å². The second kappa shape index (κ2) is 4.60. The number of nitrogens with zero attached hydrogens (tertiary/aromatic N) is 1. The van der Waals surface area contributed by atoms with Gasteiger partial charge in [0.15, 0.2) is 0 Å². The third kappa shape index (κ3) is 2.56. The van der Waals surface area contributed by atoms with Gasteiger partial charge < -0.3 is 5.32 Å². The van der Waals surface area contributed by atoms with Crippen molar-refractivity contribution in [3.05, 3.63) is 59.9 Å². The molecule has 1 aromatic heterocycles. The summed E-state index contributed by atoms with van der Waals surface area (Å²) in [5, 5.41) is 3.37. The Kier molecular flexibility index (Phi) is 2.98. The average molecular weight is 198 g/mol. The number of rotatable bonds is 3. The van der Waals surface area contributed by atoms with Crippen molar-refractivity contribution in [2.75, 3.05) is 5.32 Å². The van der Waals surface area contributed by atoms with Crippen molar-refractivity contribution < 1.29 is 0 Å². The van der Waals surface area contributed by atoms with E-state index in [0.29, 0.717) is 0 Å². The second-order valence-corrected chi connectivity index (χ2v) is 3.48. The SMILES string of the molecule is Cc1ncccc1NCc1ccccc1. The van der Waals surface area contributed by atoms with Gasteiger partial charge in [0.1, 0.15) is 0 Å². The Morgan fingerprint density at radius 2 is 1.87 bits per heavy atom. The molecule has 0 unspecified atom stereocenters. The molecule has 2 nitrogen and oxygen atoms in total. The van der Waals surface area contributed by atoms with Crippen LogP contribution in [0, 0.1) is 6.92 Å². The van der Waals surface area contributed by atoms with Crippen LogP contribution < -0.4 is 5.32 Å². The number of benzene rings is 1. The van der Waals surface area contributed by atoms with Crippen LogP contribution in [-0.4, -0.2) is 4.98 Å². The summed E-state index contributed by atoms with van der Waals surface area (Å²) >= 11 is 0. The van der Waals surface area contributed by atoms with Crippen LogP contribution in [0.3, 0.4) is 0 Å². The highest BCUT2D eigenvalue weighted by molar-refractivity contribution is 5.47. The Hall–Kier alpha value is -1.83. The Bertz CT molecular complexity index is 424. The molecule has 2 aromatic rings. The van der Waals surface area contributed by atoms with Gasteiger partial charge in [-0.05, 0) is 24.6 Å². The molecule has 2 rings (SSSR count). The molecule has 0 fully saturated rings. The molecule has 0 aliphatic rings. The minimum atomic E-state index is 0.841. The lowest BCUT2D eigenvalue weighted by molar-refractivity contribution is 1.11. The Balaban J connectivity index is 2.03. The van der Waals surface area contributed by atoms with E-state index >= 15 is 0 Å². The zero-order valence-corrected chi connectivity index (χ0v) is 8.77. The van der Waals surface area contributed by atoms with E-state index in [1.54, 1.807) is 0 Å². The maximum absolute atomic E-state index is 4.23. The number of anilines is 1. The van der Waals surface area contributed by atoms with Crippen LogP contribution >= 0.6 is 0 Å². The van der Waals surface area contributed by atoms with Gasteiger partial charge in [0, 0.05) is 12.7 Å². The smallest absolute Gasteiger partial charge is 0.0603 e. The van der Waals surface area contributed by atoms with Gasteiger partial charge in [0.25, 0.3) is 0 Å². The maximum Gasteiger partial charge on any atom is 0.0603 e. The van der Waals surface area contributed by atoms with Gasteiger partial charge in [0.05, 0.1) is 11.4 Å². The third-order valence-electron chi connectivity index (χ3n) is 2.33. The third-order valence-corrected chi connectivity index (χ3v) is 2.33. The summed E-state index contributed by atoms with van der Waals surface area (Å²) in [6.45, 7) is 2.85. The van der Waals surface area contributed by atoms with E-state index < -0.39 is 0 Å². The number of nitrogens with one attached hydrogen (secondary N) is 1. The number of pyridine rings is 1. The average Bonchev–Trinajstić information content (AvgIpc) is 2.29. The molecular weight excluding hydrogens is 184 g/mol. The molecule has 0 radical (unpaired) electrons. The minimum absolute atomic E-state index is 0.841. The summed E-state index contributed by atoms with van der Waals surface area (Å²) in [5.41, 5.74) is 3.41. The van der Waals surface area contributed by atoms with Gasteiger partial charge in [-0.1, -0.05) is 30.3 Å². The van der Waals surface area contributed by atoms with E-state index in [9.17, 15) is 0 Å². The zero-order valence-electron chi connectivity index (χ0n) is 8.77. The summed E-state index contributed by atoms with van der Waals surface area (Å²) in [4.78, 5) is 4.23.